The third-order valence-corrected chi connectivity index (χ3v) is 3.52. The minimum Gasteiger partial charge on any atom is -0.0625 e. The van der Waals surface area contributed by atoms with E-state index in [1.807, 2.05) is 0 Å². The first-order valence-electron chi connectivity index (χ1n) is 5.25. The van der Waals surface area contributed by atoms with Crippen molar-refractivity contribution in [1.29, 1.82) is 0 Å². The van der Waals surface area contributed by atoms with Gasteiger partial charge in [0.25, 0.3) is 0 Å². The molecule has 1 fully saturated rings. The summed E-state index contributed by atoms with van der Waals surface area (Å²) >= 11 is 0. The summed E-state index contributed by atoms with van der Waals surface area (Å²) < 4.78 is 0. The van der Waals surface area contributed by atoms with Crippen LogP contribution >= 0.6 is 0 Å². The molecule has 0 heterocycles. The van der Waals surface area contributed by atoms with Gasteiger partial charge in [-0.25, -0.2) is 0 Å². The summed E-state index contributed by atoms with van der Waals surface area (Å²) in [5, 5.41) is 0. The Balaban J connectivity index is 2.78. The van der Waals surface area contributed by atoms with Gasteiger partial charge in [-0.2, -0.15) is 0 Å². The fourth-order valence-corrected chi connectivity index (χ4v) is 3.45. The third kappa shape index (κ3) is 1.84. The maximum Gasteiger partial charge on any atom is -0.0318 e. The van der Waals surface area contributed by atoms with Crippen LogP contribution in [0.15, 0.2) is 0 Å². The van der Waals surface area contributed by atoms with Crippen molar-refractivity contribution in [3.63, 3.8) is 0 Å². The lowest BCUT2D eigenvalue weighted by molar-refractivity contribution is 0.198. The van der Waals surface area contributed by atoms with E-state index in [1.165, 1.54) is 12.8 Å². The molecule has 1 atom stereocenters. The molecule has 0 heteroatoms. The van der Waals surface area contributed by atoms with Crippen LogP contribution in [0.5, 0.6) is 0 Å². The Kier molecular flexibility index (Phi) is 2.31. The molecule has 72 valence electrons. The molecule has 0 saturated heterocycles. The molecular weight excluding hydrogens is 144 g/mol. The predicted molar refractivity (Wildman–Crippen MR) is 55.1 cm³/mol. The SMILES string of the molecule is CC(C)C1CC(C)(C)CC1(C)C. The van der Waals surface area contributed by atoms with Gasteiger partial charge in [-0.15, -0.1) is 0 Å². The Labute approximate surface area is 77.7 Å². The topological polar surface area (TPSA) is 0 Å². The molecule has 0 aromatic rings. The van der Waals surface area contributed by atoms with E-state index in [0.29, 0.717) is 10.8 Å². The van der Waals surface area contributed by atoms with Gasteiger partial charge < -0.3 is 0 Å². The van der Waals surface area contributed by atoms with Crippen LogP contribution < -0.4 is 0 Å². The van der Waals surface area contributed by atoms with E-state index in [-0.39, 0.29) is 0 Å². The zero-order valence-electron chi connectivity index (χ0n) is 9.57. The van der Waals surface area contributed by atoms with E-state index in [0.717, 1.165) is 11.8 Å². The number of rotatable bonds is 1. The van der Waals surface area contributed by atoms with Gasteiger partial charge in [-0.1, -0.05) is 41.5 Å². The van der Waals surface area contributed by atoms with E-state index in [1.54, 1.807) is 0 Å². The highest BCUT2D eigenvalue weighted by Crippen LogP contribution is 2.54. The van der Waals surface area contributed by atoms with Gasteiger partial charge in [0.05, 0.1) is 0 Å². The van der Waals surface area contributed by atoms with Crippen molar-refractivity contribution in [3.05, 3.63) is 0 Å². The van der Waals surface area contributed by atoms with Crippen LogP contribution in [0.1, 0.15) is 54.4 Å². The Morgan fingerprint density at radius 1 is 1.08 bits per heavy atom. The summed E-state index contributed by atoms with van der Waals surface area (Å²) in [5.41, 5.74) is 1.15. The first-order valence-corrected chi connectivity index (χ1v) is 5.25. The van der Waals surface area contributed by atoms with Crippen LogP contribution in [0.25, 0.3) is 0 Å². The quantitative estimate of drug-likeness (QED) is 0.553. The van der Waals surface area contributed by atoms with Crippen molar-refractivity contribution >= 4 is 0 Å². The maximum atomic E-state index is 2.44. The lowest BCUT2D eigenvalue weighted by Crippen LogP contribution is -2.21. The van der Waals surface area contributed by atoms with Crippen molar-refractivity contribution in [1.82, 2.24) is 0 Å². The second kappa shape index (κ2) is 2.75. The summed E-state index contributed by atoms with van der Waals surface area (Å²) in [4.78, 5) is 0. The molecule has 1 saturated carbocycles. The third-order valence-electron chi connectivity index (χ3n) is 3.52. The second-order valence-corrected chi connectivity index (χ2v) is 6.38. The zero-order valence-corrected chi connectivity index (χ0v) is 9.57. The summed E-state index contributed by atoms with van der Waals surface area (Å²) in [6.45, 7) is 14.4. The van der Waals surface area contributed by atoms with Crippen molar-refractivity contribution in [3.8, 4) is 0 Å². The largest absolute Gasteiger partial charge is 0.0625 e. The molecule has 1 rings (SSSR count). The lowest BCUT2D eigenvalue weighted by atomic mass is 9.76. The Morgan fingerprint density at radius 2 is 1.58 bits per heavy atom. The fraction of sp³-hybridized carbons (Fsp3) is 1.00. The van der Waals surface area contributed by atoms with Crippen LogP contribution in [0.2, 0.25) is 0 Å². The number of hydrogen-bond acceptors (Lipinski definition) is 0. The Bertz CT molecular complexity index is 163. The van der Waals surface area contributed by atoms with Gasteiger partial charge in [0.15, 0.2) is 0 Å². The standard InChI is InChI=1S/C12H24/c1-9(2)10-7-11(3,4)8-12(10,5)6/h9-10H,7-8H2,1-6H3. The normalized spacial score (nSPS) is 32.8. The molecule has 0 bridgehead atoms. The van der Waals surface area contributed by atoms with E-state index in [2.05, 4.69) is 41.5 Å². The lowest BCUT2D eigenvalue weighted by Gasteiger charge is -2.30. The minimum atomic E-state index is 0.567. The van der Waals surface area contributed by atoms with Crippen LogP contribution in [-0.4, -0.2) is 0 Å². The summed E-state index contributed by atoms with van der Waals surface area (Å²) in [6.07, 6.45) is 2.81. The first kappa shape index (κ1) is 10.1. The first-order chi connectivity index (χ1) is 5.25. The highest BCUT2D eigenvalue weighted by molar-refractivity contribution is 4.95. The Morgan fingerprint density at radius 3 is 1.75 bits per heavy atom. The van der Waals surface area contributed by atoms with Gasteiger partial charge >= 0.3 is 0 Å². The molecule has 1 aliphatic rings. The predicted octanol–water partition coefficient (Wildman–Crippen LogP) is 4.10. The van der Waals surface area contributed by atoms with Crippen LogP contribution in [0.3, 0.4) is 0 Å². The highest BCUT2D eigenvalue weighted by atomic mass is 14.5. The smallest absolute Gasteiger partial charge is 0.0318 e. The van der Waals surface area contributed by atoms with Gasteiger partial charge in [0.2, 0.25) is 0 Å². The molecular formula is C12H24. The zero-order chi connectivity index (χ0) is 9.57. The van der Waals surface area contributed by atoms with Crippen LogP contribution in [0.4, 0.5) is 0 Å². The van der Waals surface area contributed by atoms with E-state index >= 15 is 0 Å². The molecule has 1 unspecified atom stereocenters. The van der Waals surface area contributed by atoms with Gasteiger partial charge in [0, 0.05) is 0 Å². The molecule has 0 aliphatic heterocycles. The van der Waals surface area contributed by atoms with Crippen LogP contribution in [-0.2, 0) is 0 Å². The summed E-state index contributed by atoms with van der Waals surface area (Å²) in [5.74, 6) is 1.77. The molecule has 0 N–H and O–H groups in total. The highest BCUT2D eigenvalue weighted by Gasteiger charge is 2.45. The minimum absolute atomic E-state index is 0.567. The molecule has 0 aromatic heterocycles. The van der Waals surface area contributed by atoms with Crippen molar-refractivity contribution in [2.24, 2.45) is 22.7 Å². The van der Waals surface area contributed by atoms with Crippen molar-refractivity contribution in [2.45, 2.75) is 54.4 Å². The van der Waals surface area contributed by atoms with Gasteiger partial charge in [-0.3, -0.25) is 0 Å². The average Bonchev–Trinajstić information content (AvgIpc) is 1.99. The van der Waals surface area contributed by atoms with Crippen molar-refractivity contribution < 1.29 is 0 Å². The second-order valence-electron chi connectivity index (χ2n) is 6.38. The molecule has 0 aromatic carbocycles. The summed E-state index contributed by atoms with van der Waals surface area (Å²) in [7, 11) is 0. The molecule has 0 amide bonds. The van der Waals surface area contributed by atoms with Crippen molar-refractivity contribution in [2.75, 3.05) is 0 Å². The average molecular weight is 168 g/mol. The molecule has 0 radical (unpaired) electrons. The van der Waals surface area contributed by atoms with E-state index in [9.17, 15) is 0 Å². The van der Waals surface area contributed by atoms with Gasteiger partial charge in [-0.05, 0) is 35.5 Å². The monoisotopic (exact) mass is 168 g/mol. The fourth-order valence-electron chi connectivity index (χ4n) is 3.45. The maximum absolute atomic E-state index is 2.44. The van der Waals surface area contributed by atoms with E-state index < -0.39 is 0 Å². The molecule has 1 aliphatic carbocycles. The van der Waals surface area contributed by atoms with Crippen LogP contribution in [0, 0.1) is 22.7 Å². The summed E-state index contributed by atoms with van der Waals surface area (Å²) in [6, 6.07) is 0. The molecule has 0 nitrogen and oxygen atoms in total. The van der Waals surface area contributed by atoms with E-state index in [4.69, 9.17) is 0 Å². The molecule has 0 spiro atoms. The Hall–Kier alpha value is 0. The molecule has 12 heavy (non-hydrogen) atoms. The van der Waals surface area contributed by atoms with Gasteiger partial charge in [0.1, 0.15) is 0 Å². The number of hydrogen-bond donors (Lipinski definition) is 0.